The predicted octanol–water partition coefficient (Wildman–Crippen LogP) is 4.29. The summed E-state index contributed by atoms with van der Waals surface area (Å²) in [4.78, 5) is 27.0. The summed E-state index contributed by atoms with van der Waals surface area (Å²) in [6.07, 6.45) is 4.00. The van der Waals surface area contributed by atoms with Crippen LogP contribution < -0.4 is 0 Å². The van der Waals surface area contributed by atoms with E-state index in [1.54, 1.807) is 0 Å². The Bertz CT molecular complexity index is 751. The molecule has 1 spiro atoms. The molecule has 6 atom stereocenters. The second kappa shape index (κ2) is 6.18. The molecule has 1 saturated carbocycles. The number of benzene rings is 1. The van der Waals surface area contributed by atoms with Crippen molar-refractivity contribution in [3.63, 3.8) is 0 Å². The van der Waals surface area contributed by atoms with Gasteiger partial charge in [-0.2, -0.15) is 0 Å². The minimum atomic E-state index is -0.798. The van der Waals surface area contributed by atoms with Crippen LogP contribution in [0.1, 0.15) is 51.5 Å². The molecule has 4 aliphatic heterocycles. The Morgan fingerprint density at radius 1 is 1.19 bits per heavy atom. The lowest BCUT2D eigenvalue weighted by Gasteiger charge is -2.60. The van der Waals surface area contributed by atoms with Gasteiger partial charge < -0.3 is 9.64 Å². The zero-order valence-corrected chi connectivity index (χ0v) is 16.6. The second-order valence-electron chi connectivity index (χ2n) is 8.87. The van der Waals surface area contributed by atoms with Crippen molar-refractivity contribution in [3.8, 4) is 0 Å². The molecule has 1 aromatic carbocycles. The SMILES string of the molecule is CC1CCC2CC(=O)N(Cc3ccc(Cl)cc3)C3OC4(C)CCC1C23OO4. The van der Waals surface area contributed by atoms with Gasteiger partial charge in [-0.3, -0.25) is 4.79 Å². The molecule has 4 saturated heterocycles. The van der Waals surface area contributed by atoms with Crippen LogP contribution in [0, 0.1) is 17.8 Å². The Morgan fingerprint density at radius 2 is 1.96 bits per heavy atom. The van der Waals surface area contributed by atoms with Gasteiger partial charge >= 0.3 is 0 Å². The van der Waals surface area contributed by atoms with Crippen molar-refractivity contribution >= 4 is 17.5 Å². The lowest BCUT2D eigenvalue weighted by molar-refractivity contribution is -0.546. The Hall–Kier alpha value is -1.14. The van der Waals surface area contributed by atoms with Crippen molar-refractivity contribution in [2.75, 3.05) is 0 Å². The largest absolute Gasteiger partial charge is 0.321 e. The quantitative estimate of drug-likeness (QED) is 0.706. The number of halogens is 1. The predicted molar refractivity (Wildman–Crippen MR) is 99.4 cm³/mol. The molecule has 6 unspecified atom stereocenters. The Kier molecular flexibility index (Phi) is 4.10. The zero-order chi connectivity index (χ0) is 18.8. The van der Waals surface area contributed by atoms with Gasteiger partial charge in [0, 0.05) is 30.3 Å². The summed E-state index contributed by atoms with van der Waals surface area (Å²) in [5.74, 6) is 0.361. The van der Waals surface area contributed by atoms with E-state index in [4.69, 9.17) is 26.1 Å². The van der Waals surface area contributed by atoms with E-state index >= 15 is 0 Å². The van der Waals surface area contributed by atoms with Crippen molar-refractivity contribution in [3.05, 3.63) is 34.9 Å². The maximum Gasteiger partial charge on any atom is 0.225 e. The molecule has 2 bridgehead atoms. The third kappa shape index (κ3) is 2.66. The van der Waals surface area contributed by atoms with E-state index in [1.165, 1.54) is 0 Å². The standard InChI is InChI=1S/C21H26ClNO4/c1-13-3-6-15-11-18(24)23(12-14-4-7-16(22)8-5-14)19-21(15)17(13)9-10-20(2,25-19)26-27-21/h4-5,7-8,13,15,17,19H,3,6,9-12H2,1-2H3. The number of piperidine rings is 1. The summed E-state index contributed by atoms with van der Waals surface area (Å²) in [7, 11) is 0. The monoisotopic (exact) mass is 391 g/mol. The van der Waals surface area contributed by atoms with Crippen LogP contribution in [0.5, 0.6) is 0 Å². The zero-order valence-electron chi connectivity index (χ0n) is 15.8. The Labute approximate surface area is 164 Å². The fraction of sp³-hybridized carbons (Fsp3) is 0.667. The maximum atomic E-state index is 13.1. The van der Waals surface area contributed by atoms with Gasteiger partial charge in [-0.05, 0) is 55.7 Å². The summed E-state index contributed by atoms with van der Waals surface area (Å²) in [6.45, 7) is 4.73. The van der Waals surface area contributed by atoms with Crippen LogP contribution in [0.15, 0.2) is 24.3 Å². The molecular formula is C21H26ClNO4. The van der Waals surface area contributed by atoms with Gasteiger partial charge in [-0.15, -0.1) is 0 Å². The number of carbonyl (C=O) groups excluding carboxylic acids is 1. The Balaban J connectivity index is 1.56. The van der Waals surface area contributed by atoms with Crippen LogP contribution in [0.4, 0.5) is 0 Å². The topological polar surface area (TPSA) is 48.0 Å². The first-order valence-electron chi connectivity index (χ1n) is 10.00. The molecule has 0 radical (unpaired) electrons. The molecule has 6 rings (SSSR count). The molecule has 0 aromatic heterocycles. The van der Waals surface area contributed by atoms with Crippen LogP contribution in [0.25, 0.3) is 0 Å². The molecule has 0 N–H and O–H groups in total. The van der Waals surface area contributed by atoms with Gasteiger partial charge in [0.05, 0.1) is 0 Å². The van der Waals surface area contributed by atoms with Gasteiger partial charge in [0.25, 0.3) is 0 Å². The van der Waals surface area contributed by atoms with Gasteiger partial charge in [0.2, 0.25) is 11.7 Å². The van der Waals surface area contributed by atoms with Crippen molar-refractivity contribution in [1.29, 1.82) is 0 Å². The van der Waals surface area contributed by atoms with Crippen LogP contribution in [0.3, 0.4) is 0 Å². The average Bonchev–Trinajstić information content (AvgIpc) is 2.88. The van der Waals surface area contributed by atoms with Crippen LogP contribution in [-0.4, -0.2) is 28.4 Å². The van der Waals surface area contributed by atoms with E-state index < -0.39 is 17.6 Å². The van der Waals surface area contributed by atoms with E-state index in [9.17, 15) is 4.79 Å². The molecule has 6 heteroatoms. The van der Waals surface area contributed by atoms with Gasteiger partial charge in [-0.25, -0.2) is 9.78 Å². The minimum Gasteiger partial charge on any atom is -0.321 e. The first kappa shape index (κ1) is 17.9. The number of rotatable bonds is 2. The van der Waals surface area contributed by atoms with Gasteiger partial charge in [-0.1, -0.05) is 30.7 Å². The van der Waals surface area contributed by atoms with Crippen molar-refractivity contribution in [2.24, 2.45) is 17.8 Å². The first-order chi connectivity index (χ1) is 12.9. The summed E-state index contributed by atoms with van der Waals surface area (Å²) in [5, 5.41) is 0.692. The molecular weight excluding hydrogens is 366 g/mol. The lowest BCUT2D eigenvalue weighted by atomic mass is 9.59. The molecule has 5 fully saturated rings. The number of hydrogen-bond acceptors (Lipinski definition) is 4. The molecule has 5 nitrogen and oxygen atoms in total. The molecule has 1 amide bonds. The van der Waals surface area contributed by atoms with Crippen molar-refractivity contribution in [1.82, 2.24) is 4.90 Å². The molecule has 5 aliphatic rings. The number of carbonyl (C=O) groups is 1. The van der Waals surface area contributed by atoms with Crippen molar-refractivity contribution < 1.29 is 19.3 Å². The number of nitrogens with zero attached hydrogens (tertiary/aromatic N) is 1. The van der Waals surface area contributed by atoms with E-state index in [-0.39, 0.29) is 11.8 Å². The third-order valence-corrected chi connectivity index (χ3v) is 7.44. The minimum absolute atomic E-state index is 0.138. The summed E-state index contributed by atoms with van der Waals surface area (Å²) < 4.78 is 6.49. The molecule has 4 heterocycles. The fourth-order valence-corrected chi connectivity index (χ4v) is 5.84. The second-order valence-corrected chi connectivity index (χ2v) is 9.31. The fourth-order valence-electron chi connectivity index (χ4n) is 5.72. The number of hydrogen-bond donors (Lipinski definition) is 0. The average molecular weight is 392 g/mol. The highest BCUT2D eigenvalue weighted by Gasteiger charge is 2.68. The lowest BCUT2D eigenvalue weighted by Crippen LogP contribution is -2.72. The van der Waals surface area contributed by atoms with Crippen LogP contribution in [0.2, 0.25) is 5.02 Å². The van der Waals surface area contributed by atoms with E-state index in [0.717, 1.165) is 31.2 Å². The molecule has 1 aliphatic carbocycles. The van der Waals surface area contributed by atoms with E-state index in [2.05, 4.69) is 6.92 Å². The highest BCUT2D eigenvalue weighted by atomic mass is 35.5. The van der Waals surface area contributed by atoms with E-state index in [0.29, 0.717) is 29.8 Å². The first-order valence-corrected chi connectivity index (χ1v) is 10.4. The smallest absolute Gasteiger partial charge is 0.225 e. The summed E-state index contributed by atoms with van der Waals surface area (Å²) in [5.41, 5.74) is 0.478. The highest BCUT2D eigenvalue weighted by molar-refractivity contribution is 6.30. The summed E-state index contributed by atoms with van der Waals surface area (Å²) >= 11 is 6.02. The van der Waals surface area contributed by atoms with Gasteiger partial charge in [0.15, 0.2) is 11.8 Å². The number of amides is 1. The maximum absolute atomic E-state index is 13.1. The normalized spacial score (nSPS) is 43.4. The summed E-state index contributed by atoms with van der Waals surface area (Å²) in [6, 6.07) is 7.65. The van der Waals surface area contributed by atoms with Crippen LogP contribution in [-0.2, 0) is 25.9 Å². The van der Waals surface area contributed by atoms with E-state index in [1.807, 2.05) is 36.1 Å². The Morgan fingerprint density at radius 3 is 2.74 bits per heavy atom. The third-order valence-electron chi connectivity index (χ3n) is 7.18. The van der Waals surface area contributed by atoms with Gasteiger partial charge in [0.1, 0.15) is 0 Å². The highest BCUT2D eigenvalue weighted by Crippen LogP contribution is 2.59. The molecule has 27 heavy (non-hydrogen) atoms. The number of fused-ring (bicyclic) bond motifs is 2. The van der Waals surface area contributed by atoms with Crippen molar-refractivity contribution in [2.45, 2.75) is 70.1 Å². The molecule has 1 aromatic rings. The molecule has 146 valence electrons. The number of likely N-dealkylation sites (tertiary alicyclic amines) is 1. The van der Waals surface area contributed by atoms with Crippen LogP contribution >= 0.6 is 11.6 Å². The number of ether oxygens (including phenoxy) is 1.